The molecule has 1 aromatic carbocycles. The van der Waals surface area contributed by atoms with Gasteiger partial charge in [-0.15, -0.1) is 0 Å². The minimum absolute atomic E-state index is 0.0147. The van der Waals surface area contributed by atoms with Crippen LogP contribution in [0.25, 0.3) is 0 Å². The summed E-state index contributed by atoms with van der Waals surface area (Å²) in [7, 11) is 1.36. The van der Waals surface area contributed by atoms with E-state index in [1.807, 2.05) is 23.1 Å². The van der Waals surface area contributed by atoms with Crippen LogP contribution in [0, 0.1) is 11.3 Å². The molecule has 0 bridgehead atoms. The van der Waals surface area contributed by atoms with Gasteiger partial charge in [-0.1, -0.05) is 0 Å². The van der Waals surface area contributed by atoms with Crippen LogP contribution in [-0.4, -0.2) is 38.6 Å². The molecule has 6 nitrogen and oxygen atoms in total. The van der Waals surface area contributed by atoms with Crippen LogP contribution in [0.4, 0.5) is 5.69 Å². The van der Waals surface area contributed by atoms with E-state index in [0.717, 1.165) is 37.1 Å². The van der Waals surface area contributed by atoms with Crippen molar-refractivity contribution in [1.29, 1.82) is 5.26 Å². The van der Waals surface area contributed by atoms with E-state index >= 15 is 0 Å². The van der Waals surface area contributed by atoms with Crippen molar-refractivity contribution in [3.05, 3.63) is 29.3 Å². The number of nitriles is 1. The normalized spacial score (nSPS) is 13.5. The molecule has 1 aliphatic heterocycles. The number of anilines is 1. The lowest BCUT2D eigenvalue weighted by atomic mass is 10.0. The third kappa shape index (κ3) is 3.76. The zero-order chi connectivity index (χ0) is 15.9. The van der Waals surface area contributed by atoms with Crippen molar-refractivity contribution in [2.24, 2.45) is 0 Å². The molecule has 6 heteroatoms. The minimum atomic E-state index is -0.356. The Bertz CT molecular complexity index is 607. The average molecular weight is 301 g/mol. The molecule has 0 atom stereocenters. The van der Waals surface area contributed by atoms with E-state index < -0.39 is 0 Å². The molecule has 1 aromatic rings. The molecule has 2 rings (SSSR count). The number of carbonyl (C=O) groups is 2. The first kappa shape index (κ1) is 15.8. The third-order valence-corrected chi connectivity index (χ3v) is 3.66. The number of nitrogens with one attached hydrogen (secondary N) is 1. The molecule has 1 amide bonds. The first-order valence-corrected chi connectivity index (χ1v) is 7.25. The fraction of sp³-hybridized carbons (Fsp3) is 0.438. The predicted octanol–water partition coefficient (Wildman–Crippen LogP) is 1.26. The van der Waals surface area contributed by atoms with Crippen LogP contribution in [-0.2, 0) is 16.0 Å². The molecular formula is C16H19N3O3. The van der Waals surface area contributed by atoms with Crippen LogP contribution in [0.5, 0.6) is 0 Å². The lowest BCUT2D eigenvalue weighted by Gasteiger charge is -2.24. The topological polar surface area (TPSA) is 82.4 Å². The summed E-state index contributed by atoms with van der Waals surface area (Å²) in [6.07, 6.45) is 2.86. The molecule has 22 heavy (non-hydrogen) atoms. The summed E-state index contributed by atoms with van der Waals surface area (Å²) in [6.45, 7) is 1.01. The molecule has 0 spiro atoms. The van der Waals surface area contributed by atoms with Crippen molar-refractivity contribution in [3.8, 4) is 6.07 Å². The second kappa shape index (κ2) is 7.46. The lowest BCUT2D eigenvalue weighted by molar-refractivity contribution is -0.119. The van der Waals surface area contributed by atoms with Gasteiger partial charge in [-0.25, -0.2) is 4.79 Å². The van der Waals surface area contributed by atoms with Gasteiger partial charge in [0.15, 0.2) is 0 Å². The highest BCUT2D eigenvalue weighted by Gasteiger charge is 2.19. The van der Waals surface area contributed by atoms with E-state index in [0.29, 0.717) is 5.56 Å². The fourth-order valence-electron chi connectivity index (χ4n) is 2.61. The van der Waals surface area contributed by atoms with Crippen LogP contribution >= 0.6 is 0 Å². The lowest BCUT2D eigenvalue weighted by Crippen LogP contribution is -2.38. The quantitative estimate of drug-likeness (QED) is 0.668. The van der Waals surface area contributed by atoms with Crippen molar-refractivity contribution in [2.75, 3.05) is 31.6 Å². The molecular weight excluding hydrogens is 282 g/mol. The number of methoxy groups -OCH3 is 1. The number of fused-ring (bicyclic) bond motifs is 1. The molecule has 1 N–H and O–H groups in total. The Morgan fingerprint density at radius 2 is 2.23 bits per heavy atom. The van der Waals surface area contributed by atoms with Gasteiger partial charge in [0.2, 0.25) is 5.91 Å². The molecule has 116 valence electrons. The number of aryl methyl sites for hydroxylation is 1. The Kier molecular flexibility index (Phi) is 5.37. The number of amides is 1. The third-order valence-electron chi connectivity index (χ3n) is 3.66. The Balaban J connectivity index is 2.20. The van der Waals surface area contributed by atoms with Crippen molar-refractivity contribution in [3.63, 3.8) is 0 Å². The highest BCUT2D eigenvalue weighted by Crippen LogP contribution is 2.27. The molecule has 0 saturated heterocycles. The second-order valence-electron chi connectivity index (χ2n) is 5.15. The maximum absolute atomic E-state index is 11.8. The van der Waals surface area contributed by atoms with E-state index in [-0.39, 0.29) is 25.0 Å². The van der Waals surface area contributed by atoms with Crippen LogP contribution < -0.4 is 10.2 Å². The Morgan fingerprint density at radius 3 is 2.95 bits per heavy atom. The number of hydrogen-bond acceptors (Lipinski definition) is 5. The molecule has 1 aliphatic rings. The van der Waals surface area contributed by atoms with Crippen LogP contribution in [0.15, 0.2) is 18.2 Å². The number of esters is 1. The summed E-state index contributed by atoms with van der Waals surface area (Å²) >= 11 is 0. The van der Waals surface area contributed by atoms with E-state index in [9.17, 15) is 9.59 Å². The van der Waals surface area contributed by atoms with Gasteiger partial charge >= 0.3 is 5.97 Å². The average Bonchev–Trinajstić information content (AvgIpc) is 2.74. The summed E-state index contributed by atoms with van der Waals surface area (Å²) in [6, 6.07) is 7.32. The highest BCUT2D eigenvalue weighted by atomic mass is 16.5. The van der Waals surface area contributed by atoms with Gasteiger partial charge in [-0.05, 0) is 43.0 Å². The fourth-order valence-corrected chi connectivity index (χ4v) is 2.61. The number of hydrogen-bond donors (Lipinski definition) is 1. The van der Waals surface area contributed by atoms with Gasteiger partial charge in [0, 0.05) is 12.2 Å². The van der Waals surface area contributed by atoms with Gasteiger partial charge in [0.1, 0.15) is 6.54 Å². The Morgan fingerprint density at radius 1 is 1.41 bits per heavy atom. The number of nitrogens with zero attached hydrogens (tertiary/aromatic N) is 2. The first-order chi connectivity index (χ1) is 10.7. The van der Waals surface area contributed by atoms with Gasteiger partial charge in [-0.2, -0.15) is 5.26 Å². The van der Waals surface area contributed by atoms with E-state index in [2.05, 4.69) is 5.32 Å². The van der Waals surface area contributed by atoms with Crippen LogP contribution in [0.2, 0.25) is 0 Å². The summed E-state index contributed by atoms with van der Waals surface area (Å²) in [5.74, 6) is -0.531. The highest BCUT2D eigenvalue weighted by molar-refractivity contribution is 5.90. The summed E-state index contributed by atoms with van der Waals surface area (Å²) in [4.78, 5) is 25.5. The zero-order valence-corrected chi connectivity index (χ0v) is 12.6. The summed E-state index contributed by atoms with van der Waals surface area (Å²) in [5.41, 5.74) is 2.54. The molecule has 0 fully saturated rings. The Labute approximate surface area is 129 Å². The van der Waals surface area contributed by atoms with Crippen LogP contribution in [0.3, 0.4) is 0 Å². The number of carbonyl (C=O) groups excluding carboxylic acids is 2. The molecule has 0 aromatic heterocycles. The van der Waals surface area contributed by atoms with E-state index in [4.69, 9.17) is 10.00 Å². The van der Waals surface area contributed by atoms with Crippen LogP contribution in [0.1, 0.15) is 28.8 Å². The van der Waals surface area contributed by atoms with Gasteiger partial charge in [0.25, 0.3) is 0 Å². The molecule has 0 radical (unpaired) electrons. The Hall–Kier alpha value is -2.55. The smallest absolute Gasteiger partial charge is 0.337 e. The minimum Gasteiger partial charge on any atom is -0.465 e. The predicted molar refractivity (Wildman–Crippen MR) is 81.6 cm³/mol. The van der Waals surface area contributed by atoms with Gasteiger partial charge in [0.05, 0.1) is 25.3 Å². The molecule has 0 unspecified atom stereocenters. The van der Waals surface area contributed by atoms with E-state index in [1.165, 1.54) is 7.11 Å². The molecule has 1 heterocycles. The second-order valence-corrected chi connectivity index (χ2v) is 5.15. The van der Waals surface area contributed by atoms with Gasteiger partial charge in [-0.3, -0.25) is 4.79 Å². The van der Waals surface area contributed by atoms with Crippen molar-refractivity contribution in [1.82, 2.24) is 5.32 Å². The van der Waals surface area contributed by atoms with Gasteiger partial charge < -0.3 is 15.0 Å². The number of ether oxygens (including phenoxy) is 1. The SMILES string of the molecule is COC(=O)c1ccc2c(c1)CCCCN2CC(=O)NCC#N. The van der Waals surface area contributed by atoms with Crippen molar-refractivity contribution < 1.29 is 14.3 Å². The summed E-state index contributed by atoms with van der Waals surface area (Å²) < 4.78 is 4.75. The number of benzene rings is 1. The maximum atomic E-state index is 11.8. The molecule has 0 saturated carbocycles. The van der Waals surface area contributed by atoms with Crippen molar-refractivity contribution >= 4 is 17.6 Å². The standard InChI is InChI=1S/C16H19N3O3/c1-22-16(21)13-5-6-14-12(10-13)4-2-3-9-19(14)11-15(20)18-8-7-17/h5-6,10H,2-4,8-9,11H2,1H3,(H,18,20). The monoisotopic (exact) mass is 301 g/mol. The molecule has 0 aliphatic carbocycles. The largest absolute Gasteiger partial charge is 0.465 e. The van der Waals surface area contributed by atoms with Crippen molar-refractivity contribution in [2.45, 2.75) is 19.3 Å². The van der Waals surface area contributed by atoms with E-state index in [1.54, 1.807) is 6.07 Å². The zero-order valence-electron chi connectivity index (χ0n) is 12.6. The number of rotatable bonds is 4. The summed E-state index contributed by atoms with van der Waals surface area (Å²) in [5, 5.41) is 11.1. The maximum Gasteiger partial charge on any atom is 0.337 e. The first-order valence-electron chi connectivity index (χ1n) is 7.25.